The normalized spacial score (nSPS) is 49.9. The monoisotopic (exact) mass is 600 g/mol. The maximum absolute atomic E-state index is 12.8. The number of carbonyl (C=O) groups is 1. The van der Waals surface area contributed by atoms with Gasteiger partial charge >= 0.3 is 5.97 Å². The molecule has 3 heteroatoms. The summed E-state index contributed by atoms with van der Waals surface area (Å²) >= 11 is 4.42. The van der Waals surface area contributed by atoms with Crippen molar-refractivity contribution in [2.24, 2.45) is 32.5 Å². The third kappa shape index (κ3) is 3.48. The van der Waals surface area contributed by atoms with Crippen molar-refractivity contribution in [1.82, 2.24) is 0 Å². The van der Waals surface area contributed by atoms with Gasteiger partial charge in [0.1, 0.15) is 0 Å². The molecule has 1 N–H and O–H groups in total. The molecule has 4 unspecified atom stereocenters. The van der Waals surface area contributed by atoms with Crippen molar-refractivity contribution in [1.29, 1.82) is 0 Å². The van der Waals surface area contributed by atoms with E-state index >= 15 is 0 Å². The second-order valence-electron chi connectivity index (χ2n) is 17.8. The van der Waals surface area contributed by atoms with Crippen LogP contribution in [0.25, 0.3) is 11.1 Å². The van der Waals surface area contributed by atoms with Gasteiger partial charge in [-0.05, 0) is 144 Å². The summed E-state index contributed by atoms with van der Waals surface area (Å²) in [6.07, 6.45) is 15.6. The molecule has 0 heterocycles. The van der Waals surface area contributed by atoms with Gasteiger partial charge in [-0.1, -0.05) is 80.0 Å². The fourth-order valence-corrected chi connectivity index (χ4v) is 16.5. The van der Waals surface area contributed by atoms with Gasteiger partial charge in [-0.3, -0.25) is 0 Å². The highest BCUT2D eigenvalue weighted by molar-refractivity contribution is 9.10. The first kappa shape index (κ1) is 26.1. The lowest BCUT2D eigenvalue weighted by Gasteiger charge is -2.79. The van der Waals surface area contributed by atoms with Crippen molar-refractivity contribution >= 4 is 21.9 Å². The molecule has 0 aromatic heterocycles. The van der Waals surface area contributed by atoms with E-state index in [9.17, 15) is 9.90 Å². The minimum Gasteiger partial charge on any atom is -0.478 e. The number of rotatable bonds is 4. The number of benzene rings is 2. The van der Waals surface area contributed by atoms with Crippen LogP contribution in [0.2, 0.25) is 0 Å². The average Bonchev–Trinajstić information content (AvgIpc) is 2.79. The van der Waals surface area contributed by atoms with Crippen LogP contribution in [-0.2, 0) is 5.41 Å². The van der Waals surface area contributed by atoms with E-state index in [4.69, 9.17) is 0 Å². The minimum absolute atomic E-state index is 0.0681. The van der Waals surface area contributed by atoms with E-state index in [2.05, 4.69) is 80.0 Å². The Balaban J connectivity index is 1.32. The lowest BCUT2D eigenvalue weighted by Crippen LogP contribution is -2.71. The van der Waals surface area contributed by atoms with Gasteiger partial charge in [-0.15, -0.1) is 0 Å². The van der Waals surface area contributed by atoms with Crippen LogP contribution in [0, 0.1) is 32.5 Å². The molecule has 0 aliphatic heterocycles. The zero-order chi connectivity index (χ0) is 28.0. The maximum Gasteiger partial charge on any atom is 0.335 e. The first-order valence-corrected chi connectivity index (χ1v) is 16.5. The molecule has 212 valence electrons. The van der Waals surface area contributed by atoms with Crippen molar-refractivity contribution in [3.8, 4) is 11.1 Å². The van der Waals surface area contributed by atoms with Crippen LogP contribution in [0.3, 0.4) is 0 Å². The third-order valence-corrected chi connectivity index (χ3v) is 14.0. The van der Waals surface area contributed by atoms with Crippen LogP contribution in [0.1, 0.15) is 121 Å². The van der Waals surface area contributed by atoms with E-state index in [0.29, 0.717) is 21.8 Å². The van der Waals surface area contributed by atoms with E-state index < -0.39 is 5.97 Å². The molecule has 8 aliphatic carbocycles. The first-order chi connectivity index (χ1) is 18.6. The van der Waals surface area contributed by atoms with Crippen molar-refractivity contribution < 1.29 is 9.90 Å². The Morgan fingerprint density at radius 2 is 1.15 bits per heavy atom. The Morgan fingerprint density at radius 1 is 0.625 bits per heavy atom. The Morgan fingerprint density at radius 3 is 1.68 bits per heavy atom. The quantitative estimate of drug-likeness (QED) is 0.354. The molecule has 0 saturated heterocycles. The molecule has 8 saturated carbocycles. The largest absolute Gasteiger partial charge is 0.478 e. The van der Waals surface area contributed by atoms with Gasteiger partial charge in [0.15, 0.2) is 0 Å². The molecular weight excluding hydrogens is 556 g/mol. The standard InChI is InChI=1S/C37H45BrO2/c1-30-13-31(2)16-34(15-30,28-12-26(10-11-27(28)29(39)40)25-8-6-5-7-9-25)23-35(17-30,18-31)36-19-32(3)14-33(4,20-36)22-37(38,21-32)24-36/h5-12H,13-24H2,1-4H3,(H,39,40). The molecule has 10 rings (SSSR count). The number of carboxylic acids is 1. The molecule has 8 aliphatic rings. The minimum atomic E-state index is -0.760. The fraction of sp³-hybridized carbons (Fsp3) is 0.649. The van der Waals surface area contributed by atoms with E-state index in [1.54, 1.807) is 0 Å². The Labute approximate surface area is 248 Å². The molecule has 2 aromatic carbocycles. The number of carboxylic acid groups (broad SMARTS) is 1. The van der Waals surface area contributed by atoms with Gasteiger partial charge in [0, 0.05) is 4.32 Å². The smallest absolute Gasteiger partial charge is 0.335 e. The number of alkyl halides is 1. The maximum atomic E-state index is 12.8. The van der Waals surface area contributed by atoms with Crippen LogP contribution in [0.15, 0.2) is 48.5 Å². The number of halogens is 1. The molecule has 0 radical (unpaired) electrons. The fourth-order valence-electron chi connectivity index (χ4n) is 14.6. The predicted octanol–water partition coefficient (Wildman–Crippen LogP) is 10.2. The van der Waals surface area contributed by atoms with E-state index in [-0.39, 0.29) is 26.0 Å². The van der Waals surface area contributed by atoms with Gasteiger partial charge in [0.2, 0.25) is 0 Å². The second-order valence-corrected chi connectivity index (χ2v) is 19.5. The molecule has 8 bridgehead atoms. The highest BCUT2D eigenvalue weighted by Gasteiger charge is 2.76. The van der Waals surface area contributed by atoms with Crippen molar-refractivity contribution in [3.63, 3.8) is 0 Å². The number of hydrogen-bond donors (Lipinski definition) is 1. The third-order valence-electron chi connectivity index (χ3n) is 13.2. The molecule has 40 heavy (non-hydrogen) atoms. The Hall–Kier alpha value is -1.61. The second kappa shape index (κ2) is 7.47. The number of hydrogen-bond acceptors (Lipinski definition) is 1. The Bertz CT molecular complexity index is 1370. The van der Waals surface area contributed by atoms with Crippen LogP contribution in [-0.4, -0.2) is 15.4 Å². The molecule has 2 aromatic rings. The zero-order valence-electron chi connectivity index (χ0n) is 24.8. The van der Waals surface area contributed by atoms with Crippen LogP contribution in [0.4, 0.5) is 0 Å². The van der Waals surface area contributed by atoms with Gasteiger partial charge < -0.3 is 5.11 Å². The summed E-state index contributed by atoms with van der Waals surface area (Å²) in [5.41, 5.74) is 5.98. The predicted molar refractivity (Wildman–Crippen MR) is 165 cm³/mol. The van der Waals surface area contributed by atoms with E-state index in [1.807, 2.05) is 12.1 Å². The average molecular weight is 602 g/mol. The van der Waals surface area contributed by atoms with Crippen LogP contribution in [0.5, 0.6) is 0 Å². The Kier molecular flexibility index (Phi) is 4.87. The van der Waals surface area contributed by atoms with E-state index in [0.717, 1.165) is 24.0 Å². The van der Waals surface area contributed by atoms with E-state index in [1.165, 1.54) is 69.8 Å². The van der Waals surface area contributed by atoms with Gasteiger partial charge in [-0.2, -0.15) is 0 Å². The van der Waals surface area contributed by atoms with Crippen molar-refractivity contribution in [2.45, 2.75) is 114 Å². The lowest BCUT2D eigenvalue weighted by molar-refractivity contribution is -0.264. The summed E-state index contributed by atoms with van der Waals surface area (Å²) in [7, 11) is 0. The molecule has 2 nitrogen and oxygen atoms in total. The van der Waals surface area contributed by atoms with Crippen LogP contribution < -0.4 is 0 Å². The summed E-state index contributed by atoms with van der Waals surface area (Å²) < 4.78 is 0.281. The SMILES string of the molecule is CC12CC3(C)CC(Br)(C1)CC(C14CC5(C)CC(C)(CC(c6cc(-c7ccccc7)ccc6C(=O)O)(C5)C1)C4)(C2)C3. The highest BCUT2D eigenvalue weighted by Crippen LogP contribution is 2.84. The summed E-state index contributed by atoms with van der Waals surface area (Å²) in [5, 5.41) is 10.5. The van der Waals surface area contributed by atoms with Gasteiger partial charge in [0.25, 0.3) is 0 Å². The summed E-state index contributed by atoms with van der Waals surface area (Å²) in [4.78, 5) is 12.8. The highest BCUT2D eigenvalue weighted by atomic mass is 79.9. The van der Waals surface area contributed by atoms with Crippen LogP contribution >= 0.6 is 15.9 Å². The molecular formula is C37H45BrO2. The molecule has 4 atom stereocenters. The van der Waals surface area contributed by atoms with Gasteiger partial charge in [-0.25, -0.2) is 4.79 Å². The number of aromatic carboxylic acids is 1. The lowest BCUT2D eigenvalue weighted by atomic mass is 9.26. The molecule has 0 spiro atoms. The first-order valence-electron chi connectivity index (χ1n) is 15.8. The molecule has 8 fully saturated rings. The summed E-state index contributed by atoms with van der Waals surface area (Å²) in [5.74, 6) is -0.760. The summed E-state index contributed by atoms with van der Waals surface area (Å²) in [6, 6.07) is 16.8. The van der Waals surface area contributed by atoms with Gasteiger partial charge in [0.05, 0.1) is 5.56 Å². The van der Waals surface area contributed by atoms with Crippen molar-refractivity contribution in [2.75, 3.05) is 0 Å². The molecule has 0 amide bonds. The topological polar surface area (TPSA) is 37.3 Å². The zero-order valence-corrected chi connectivity index (χ0v) is 26.4. The van der Waals surface area contributed by atoms with Crippen molar-refractivity contribution in [3.05, 3.63) is 59.7 Å². The summed E-state index contributed by atoms with van der Waals surface area (Å²) in [6.45, 7) is 10.4.